The van der Waals surface area contributed by atoms with E-state index < -0.39 is 0 Å². The van der Waals surface area contributed by atoms with Crippen LogP contribution in [0.15, 0.2) is 36.7 Å². The molecule has 166 valence electrons. The van der Waals surface area contributed by atoms with E-state index >= 15 is 0 Å². The smallest absolute Gasteiger partial charge is 0.159 e. The Bertz CT molecular complexity index is 660. The minimum atomic E-state index is 0.845. The van der Waals surface area contributed by atoms with Gasteiger partial charge in [0.25, 0.3) is 0 Å². The predicted octanol–water partition coefficient (Wildman–Crippen LogP) is 8.59. The summed E-state index contributed by atoms with van der Waals surface area (Å²) in [6.07, 6.45) is 22.5. The fourth-order valence-electron chi connectivity index (χ4n) is 3.94. The fourth-order valence-corrected chi connectivity index (χ4v) is 3.94. The Morgan fingerprint density at radius 3 is 1.87 bits per heavy atom. The molecule has 0 saturated carbocycles. The van der Waals surface area contributed by atoms with Gasteiger partial charge in [-0.15, -0.1) is 0 Å². The van der Waals surface area contributed by atoms with Crippen LogP contribution in [0.2, 0.25) is 0 Å². The second kappa shape index (κ2) is 15.2. The van der Waals surface area contributed by atoms with E-state index in [0.717, 1.165) is 23.7 Å². The summed E-state index contributed by atoms with van der Waals surface area (Å²) in [6.45, 7) is 6.93. The maximum atomic E-state index is 4.62. The van der Waals surface area contributed by atoms with Crippen molar-refractivity contribution >= 4 is 0 Å². The van der Waals surface area contributed by atoms with Crippen LogP contribution in [-0.4, -0.2) is 9.97 Å². The summed E-state index contributed by atoms with van der Waals surface area (Å²) in [7, 11) is 0. The largest absolute Gasteiger partial charge is 0.236 e. The van der Waals surface area contributed by atoms with Gasteiger partial charge in [-0.1, -0.05) is 109 Å². The second-order valence-corrected chi connectivity index (χ2v) is 9.10. The molecule has 1 aromatic heterocycles. The van der Waals surface area contributed by atoms with Crippen LogP contribution in [-0.2, 0) is 12.8 Å². The van der Waals surface area contributed by atoms with E-state index in [-0.39, 0.29) is 0 Å². The third kappa shape index (κ3) is 9.87. The van der Waals surface area contributed by atoms with Crippen LogP contribution in [0.4, 0.5) is 0 Å². The summed E-state index contributed by atoms with van der Waals surface area (Å²) >= 11 is 0. The van der Waals surface area contributed by atoms with Crippen molar-refractivity contribution in [3.8, 4) is 11.4 Å². The van der Waals surface area contributed by atoms with Crippen LogP contribution >= 0.6 is 0 Å². The Hall–Kier alpha value is -1.70. The number of rotatable bonds is 16. The number of hydrogen-bond donors (Lipinski definition) is 0. The van der Waals surface area contributed by atoms with E-state index in [1.54, 1.807) is 0 Å². The van der Waals surface area contributed by atoms with Crippen molar-refractivity contribution in [2.45, 2.75) is 111 Å². The summed E-state index contributed by atoms with van der Waals surface area (Å²) in [5.41, 5.74) is 3.81. The van der Waals surface area contributed by atoms with Gasteiger partial charge in [-0.2, -0.15) is 0 Å². The van der Waals surface area contributed by atoms with Gasteiger partial charge in [-0.3, -0.25) is 0 Å². The Balaban J connectivity index is 1.63. The summed E-state index contributed by atoms with van der Waals surface area (Å²) in [5, 5.41) is 0. The van der Waals surface area contributed by atoms with Crippen molar-refractivity contribution in [3.05, 3.63) is 47.8 Å². The lowest BCUT2D eigenvalue weighted by atomic mass is 9.99. The molecule has 1 aromatic carbocycles. The predicted molar refractivity (Wildman–Crippen MR) is 131 cm³/mol. The van der Waals surface area contributed by atoms with Gasteiger partial charge in [0, 0.05) is 18.0 Å². The monoisotopic (exact) mass is 408 g/mol. The van der Waals surface area contributed by atoms with E-state index in [1.807, 2.05) is 12.4 Å². The van der Waals surface area contributed by atoms with Crippen LogP contribution in [0.25, 0.3) is 11.4 Å². The molecule has 2 heteroatoms. The standard InChI is InChI=1S/C28H44N2/c1-4-6-7-13-16-25-18-20-27(21-19-25)28-29-22-26(23-30-28)17-14-11-9-8-10-12-15-24(3)5-2/h18-24H,4-17H2,1-3H3. The lowest BCUT2D eigenvalue weighted by Gasteiger charge is -2.07. The number of aryl methyl sites for hydroxylation is 2. The van der Waals surface area contributed by atoms with Crippen LogP contribution in [0.5, 0.6) is 0 Å². The highest BCUT2D eigenvalue weighted by molar-refractivity contribution is 5.55. The molecule has 30 heavy (non-hydrogen) atoms. The first-order valence-corrected chi connectivity index (χ1v) is 12.6. The molecule has 0 aliphatic heterocycles. The van der Waals surface area contributed by atoms with E-state index in [9.17, 15) is 0 Å². The van der Waals surface area contributed by atoms with Crippen LogP contribution in [0, 0.1) is 5.92 Å². The van der Waals surface area contributed by atoms with E-state index in [0.29, 0.717) is 0 Å². The molecule has 0 amide bonds. The van der Waals surface area contributed by atoms with Crippen molar-refractivity contribution in [3.63, 3.8) is 0 Å². The fraction of sp³-hybridized carbons (Fsp3) is 0.643. The molecule has 0 spiro atoms. The first-order chi connectivity index (χ1) is 14.7. The van der Waals surface area contributed by atoms with Gasteiger partial charge in [0.1, 0.15) is 0 Å². The van der Waals surface area contributed by atoms with Crippen LogP contribution in [0.3, 0.4) is 0 Å². The Labute approximate surface area is 185 Å². The molecule has 2 aromatic rings. The summed E-state index contributed by atoms with van der Waals surface area (Å²) in [6, 6.07) is 8.82. The maximum Gasteiger partial charge on any atom is 0.159 e. The van der Waals surface area contributed by atoms with Gasteiger partial charge in [0.05, 0.1) is 0 Å². The van der Waals surface area contributed by atoms with Crippen molar-refractivity contribution in [2.75, 3.05) is 0 Å². The second-order valence-electron chi connectivity index (χ2n) is 9.10. The Kier molecular flexibility index (Phi) is 12.4. The average molecular weight is 409 g/mol. The Morgan fingerprint density at radius 1 is 0.667 bits per heavy atom. The number of nitrogens with zero attached hydrogens (tertiary/aromatic N) is 2. The summed E-state index contributed by atoms with van der Waals surface area (Å²) < 4.78 is 0. The van der Waals surface area contributed by atoms with Crippen LogP contribution in [0.1, 0.15) is 109 Å². The number of aromatic nitrogens is 2. The van der Waals surface area contributed by atoms with Gasteiger partial charge in [-0.05, 0) is 42.7 Å². The zero-order chi connectivity index (χ0) is 21.4. The summed E-state index contributed by atoms with van der Waals surface area (Å²) in [4.78, 5) is 9.24. The Morgan fingerprint density at radius 2 is 1.23 bits per heavy atom. The highest BCUT2D eigenvalue weighted by Crippen LogP contribution is 2.18. The molecule has 0 N–H and O–H groups in total. The normalized spacial score (nSPS) is 12.2. The zero-order valence-electron chi connectivity index (χ0n) is 19.8. The third-order valence-electron chi connectivity index (χ3n) is 6.35. The number of unbranched alkanes of at least 4 members (excludes halogenated alkanes) is 8. The molecule has 2 nitrogen and oxygen atoms in total. The summed E-state index contributed by atoms with van der Waals surface area (Å²) in [5.74, 6) is 1.75. The van der Waals surface area contributed by atoms with Gasteiger partial charge in [-0.25, -0.2) is 9.97 Å². The molecule has 0 aliphatic rings. The highest BCUT2D eigenvalue weighted by atomic mass is 14.9. The van der Waals surface area contributed by atoms with Gasteiger partial charge in [0.15, 0.2) is 5.82 Å². The molecule has 0 radical (unpaired) electrons. The molecular weight excluding hydrogens is 364 g/mol. The molecule has 0 saturated heterocycles. The minimum absolute atomic E-state index is 0.845. The number of benzene rings is 1. The molecule has 0 bridgehead atoms. The quantitative estimate of drug-likeness (QED) is 0.260. The minimum Gasteiger partial charge on any atom is -0.236 e. The first kappa shape index (κ1) is 24.6. The van der Waals surface area contributed by atoms with Gasteiger partial charge in [0.2, 0.25) is 0 Å². The van der Waals surface area contributed by atoms with E-state index in [1.165, 1.54) is 94.6 Å². The molecule has 2 rings (SSSR count). The third-order valence-corrected chi connectivity index (χ3v) is 6.35. The van der Waals surface area contributed by atoms with Gasteiger partial charge < -0.3 is 0 Å². The zero-order valence-corrected chi connectivity index (χ0v) is 19.8. The topological polar surface area (TPSA) is 25.8 Å². The van der Waals surface area contributed by atoms with Crippen molar-refractivity contribution in [1.29, 1.82) is 0 Å². The molecular formula is C28H44N2. The first-order valence-electron chi connectivity index (χ1n) is 12.6. The van der Waals surface area contributed by atoms with E-state index in [2.05, 4.69) is 55.0 Å². The average Bonchev–Trinajstić information content (AvgIpc) is 2.79. The maximum absolute atomic E-state index is 4.62. The lowest BCUT2D eigenvalue weighted by molar-refractivity contribution is 0.471. The molecule has 1 heterocycles. The molecule has 0 aliphatic carbocycles. The van der Waals surface area contributed by atoms with Crippen LogP contribution < -0.4 is 0 Å². The van der Waals surface area contributed by atoms with Gasteiger partial charge >= 0.3 is 0 Å². The molecule has 1 atom stereocenters. The van der Waals surface area contributed by atoms with Crippen molar-refractivity contribution in [2.24, 2.45) is 5.92 Å². The van der Waals surface area contributed by atoms with Crippen molar-refractivity contribution < 1.29 is 0 Å². The highest BCUT2D eigenvalue weighted by Gasteiger charge is 2.03. The molecule has 0 fully saturated rings. The lowest BCUT2D eigenvalue weighted by Crippen LogP contribution is -1.94. The van der Waals surface area contributed by atoms with E-state index in [4.69, 9.17) is 0 Å². The van der Waals surface area contributed by atoms with Crippen molar-refractivity contribution in [1.82, 2.24) is 9.97 Å². The number of hydrogen-bond acceptors (Lipinski definition) is 2. The molecule has 1 unspecified atom stereocenters. The SMILES string of the molecule is CCCCCCc1ccc(-c2ncc(CCCCCCCCC(C)CC)cn2)cc1.